The Morgan fingerprint density at radius 2 is 1.79 bits per heavy atom. The SMILES string of the molecule is CC(C)CCN1C(=O)c2ccc(C(=O)O[C@H](C)C(=O)N3CCNC3=O)cc2C1=O. The van der Waals surface area contributed by atoms with Crippen molar-refractivity contribution in [2.45, 2.75) is 33.3 Å². The fraction of sp³-hybridized carbons (Fsp3) is 0.450. The summed E-state index contributed by atoms with van der Waals surface area (Å²) in [7, 11) is 0. The Balaban J connectivity index is 1.71. The number of imide groups is 2. The van der Waals surface area contributed by atoms with E-state index in [1.54, 1.807) is 0 Å². The number of rotatable bonds is 6. The van der Waals surface area contributed by atoms with Crippen LogP contribution >= 0.6 is 0 Å². The number of nitrogens with one attached hydrogen (secondary N) is 1. The summed E-state index contributed by atoms with van der Waals surface area (Å²) in [5, 5.41) is 2.50. The second kappa shape index (κ2) is 8.02. The second-order valence-electron chi connectivity index (χ2n) is 7.47. The van der Waals surface area contributed by atoms with Gasteiger partial charge in [0.15, 0.2) is 6.10 Å². The minimum absolute atomic E-state index is 0.0566. The molecule has 1 atom stereocenters. The van der Waals surface area contributed by atoms with Gasteiger partial charge in [-0.2, -0.15) is 0 Å². The highest BCUT2D eigenvalue weighted by Crippen LogP contribution is 2.25. The van der Waals surface area contributed by atoms with Crippen LogP contribution in [0.3, 0.4) is 0 Å². The van der Waals surface area contributed by atoms with Gasteiger partial charge in [0.2, 0.25) is 0 Å². The molecule has 1 fully saturated rings. The maximum Gasteiger partial charge on any atom is 0.338 e. The third-order valence-corrected chi connectivity index (χ3v) is 4.89. The molecular formula is C20H23N3O6. The summed E-state index contributed by atoms with van der Waals surface area (Å²) in [6.07, 6.45) is -0.483. The molecule has 9 nitrogen and oxygen atoms in total. The average Bonchev–Trinajstić information content (AvgIpc) is 3.21. The Kier molecular flexibility index (Phi) is 5.67. The summed E-state index contributed by atoms with van der Waals surface area (Å²) in [6.45, 7) is 6.25. The van der Waals surface area contributed by atoms with Crippen LogP contribution < -0.4 is 5.32 Å². The van der Waals surface area contributed by atoms with Gasteiger partial charge in [0.25, 0.3) is 17.7 Å². The number of ether oxygens (including phenoxy) is 1. The van der Waals surface area contributed by atoms with Gasteiger partial charge in [0.05, 0.1) is 16.7 Å². The van der Waals surface area contributed by atoms with Crippen LogP contribution in [0.15, 0.2) is 18.2 Å². The zero-order chi connectivity index (χ0) is 21.3. The van der Waals surface area contributed by atoms with Crippen molar-refractivity contribution in [1.29, 1.82) is 0 Å². The molecule has 0 unspecified atom stereocenters. The number of esters is 1. The van der Waals surface area contributed by atoms with E-state index >= 15 is 0 Å². The molecule has 0 radical (unpaired) electrons. The monoisotopic (exact) mass is 401 g/mol. The molecule has 5 amide bonds. The first-order chi connectivity index (χ1) is 13.7. The van der Waals surface area contributed by atoms with Gasteiger partial charge in [0.1, 0.15) is 0 Å². The summed E-state index contributed by atoms with van der Waals surface area (Å²) in [4.78, 5) is 63.5. The lowest BCUT2D eigenvalue weighted by molar-refractivity contribution is -0.136. The first kappa shape index (κ1) is 20.5. The van der Waals surface area contributed by atoms with Crippen molar-refractivity contribution in [3.05, 3.63) is 34.9 Å². The van der Waals surface area contributed by atoms with E-state index in [1.807, 2.05) is 13.8 Å². The number of nitrogens with zero attached hydrogens (tertiary/aromatic N) is 2. The summed E-state index contributed by atoms with van der Waals surface area (Å²) >= 11 is 0. The van der Waals surface area contributed by atoms with Gasteiger partial charge in [0, 0.05) is 19.6 Å². The minimum Gasteiger partial charge on any atom is -0.449 e. The molecule has 1 saturated heterocycles. The molecule has 0 aliphatic carbocycles. The predicted molar refractivity (Wildman–Crippen MR) is 101 cm³/mol. The fourth-order valence-electron chi connectivity index (χ4n) is 3.19. The van der Waals surface area contributed by atoms with Crippen molar-refractivity contribution in [2.24, 2.45) is 5.92 Å². The molecule has 0 saturated carbocycles. The van der Waals surface area contributed by atoms with Crippen LogP contribution in [-0.4, -0.2) is 65.3 Å². The van der Waals surface area contributed by atoms with E-state index < -0.39 is 29.9 Å². The Hall–Kier alpha value is -3.23. The molecule has 154 valence electrons. The number of urea groups is 1. The molecule has 9 heteroatoms. The highest BCUT2D eigenvalue weighted by Gasteiger charge is 2.36. The van der Waals surface area contributed by atoms with Crippen molar-refractivity contribution in [3.8, 4) is 0 Å². The summed E-state index contributed by atoms with van der Waals surface area (Å²) in [6, 6.07) is 3.59. The molecule has 2 heterocycles. The average molecular weight is 401 g/mol. The summed E-state index contributed by atoms with van der Waals surface area (Å²) < 4.78 is 5.17. The van der Waals surface area contributed by atoms with Gasteiger partial charge in [-0.3, -0.25) is 24.2 Å². The van der Waals surface area contributed by atoms with Crippen LogP contribution in [-0.2, 0) is 9.53 Å². The maximum atomic E-state index is 12.6. The predicted octanol–water partition coefficient (Wildman–Crippen LogP) is 1.43. The number of hydrogen-bond acceptors (Lipinski definition) is 6. The van der Waals surface area contributed by atoms with E-state index in [4.69, 9.17) is 4.74 Å². The molecule has 0 spiro atoms. The van der Waals surface area contributed by atoms with Crippen molar-refractivity contribution >= 4 is 29.7 Å². The first-order valence-corrected chi connectivity index (χ1v) is 9.51. The highest BCUT2D eigenvalue weighted by molar-refractivity contribution is 6.22. The van der Waals surface area contributed by atoms with Gasteiger partial charge in [-0.25, -0.2) is 9.59 Å². The zero-order valence-electron chi connectivity index (χ0n) is 16.6. The first-order valence-electron chi connectivity index (χ1n) is 9.51. The number of hydrogen-bond donors (Lipinski definition) is 1. The lowest BCUT2D eigenvalue weighted by Gasteiger charge is -2.18. The van der Waals surface area contributed by atoms with Crippen LogP contribution in [0.2, 0.25) is 0 Å². The standard InChI is InChI=1S/C20H23N3O6/c1-11(2)6-8-22-17(25)14-5-4-13(10-15(14)18(22)26)19(27)29-12(3)16(24)23-9-7-21-20(23)28/h4-5,10-12H,6-9H2,1-3H3,(H,21,28)/t12-/m1/s1. The van der Waals surface area contributed by atoms with Crippen molar-refractivity contribution < 1.29 is 28.7 Å². The van der Waals surface area contributed by atoms with E-state index in [0.29, 0.717) is 25.4 Å². The molecule has 2 aliphatic heterocycles. The maximum absolute atomic E-state index is 12.6. The third kappa shape index (κ3) is 3.98. The fourth-order valence-corrected chi connectivity index (χ4v) is 3.19. The van der Waals surface area contributed by atoms with Crippen LogP contribution in [0.1, 0.15) is 58.3 Å². The number of amides is 5. The lowest BCUT2D eigenvalue weighted by atomic mass is 10.1. The van der Waals surface area contributed by atoms with E-state index in [9.17, 15) is 24.0 Å². The van der Waals surface area contributed by atoms with Crippen LogP contribution in [0.4, 0.5) is 4.79 Å². The Morgan fingerprint density at radius 1 is 1.10 bits per heavy atom. The molecule has 1 N–H and O–H groups in total. The van der Waals surface area contributed by atoms with E-state index in [1.165, 1.54) is 30.0 Å². The molecular weight excluding hydrogens is 378 g/mol. The van der Waals surface area contributed by atoms with Gasteiger partial charge >= 0.3 is 12.0 Å². The highest BCUT2D eigenvalue weighted by atomic mass is 16.5. The van der Waals surface area contributed by atoms with Crippen molar-refractivity contribution in [2.75, 3.05) is 19.6 Å². The molecule has 2 aliphatic rings. The zero-order valence-corrected chi connectivity index (χ0v) is 16.6. The van der Waals surface area contributed by atoms with Crippen LogP contribution in [0.5, 0.6) is 0 Å². The lowest BCUT2D eigenvalue weighted by Crippen LogP contribution is -2.41. The van der Waals surface area contributed by atoms with E-state index in [0.717, 1.165) is 4.90 Å². The largest absolute Gasteiger partial charge is 0.449 e. The van der Waals surface area contributed by atoms with Gasteiger partial charge in [-0.05, 0) is 37.5 Å². The molecule has 29 heavy (non-hydrogen) atoms. The number of benzene rings is 1. The normalized spacial score (nSPS) is 16.9. The molecule has 1 aromatic rings. The van der Waals surface area contributed by atoms with Gasteiger partial charge in [-0.1, -0.05) is 13.8 Å². The topological polar surface area (TPSA) is 113 Å². The molecule has 3 rings (SSSR count). The Morgan fingerprint density at radius 3 is 2.41 bits per heavy atom. The summed E-state index contributed by atoms with van der Waals surface area (Å²) in [5.41, 5.74) is 0.445. The number of carbonyl (C=O) groups excluding carboxylic acids is 5. The Labute approximate surface area is 168 Å². The minimum atomic E-state index is -1.17. The van der Waals surface area contributed by atoms with Crippen molar-refractivity contribution in [1.82, 2.24) is 15.1 Å². The van der Waals surface area contributed by atoms with Crippen LogP contribution in [0, 0.1) is 5.92 Å². The molecule has 0 aromatic heterocycles. The number of carbonyl (C=O) groups is 5. The second-order valence-corrected chi connectivity index (χ2v) is 7.47. The molecule has 1 aromatic carbocycles. The molecule has 0 bridgehead atoms. The number of fused-ring (bicyclic) bond motifs is 1. The van der Waals surface area contributed by atoms with Crippen molar-refractivity contribution in [3.63, 3.8) is 0 Å². The van der Waals surface area contributed by atoms with Gasteiger partial charge < -0.3 is 10.1 Å². The van der Waals surface area contributed by atoms with E-state index in [2.05, 4.69) is 5.32 Å². The Bertz CT molecular complexity index is 894. The third-order valence-electron chi connectivity index (χ3n) is 4.89. The van der Waals surface area contributed by atoms with Gasteiger partial charge in [-0.15, -0.1) is 0 Å². The quantitative estimate of drug-likeness (QED) is 0.570. The van der Waals surface area contributed by atoms with E-state index in [-0.39, 0.29) is 29.1 Å². The summed E-state index contributed by atoms with van der Waals surface area (Å²) in [5.74, 6) is -1.93. The van der Waals surface area contributed by atoms with Crippen LogP contribution in [0.25, 0.3) is 0 Å². The smallest absolute Gasteiger partial charge is 0.338 e.